The van der Waals surface area contributed by atoms with Gasteiger partial charge >= 0.3 is 0 Å². The first-order valence-electron chi connectivity index (χ1n) is 8.34. The zero-order valence-corrected chi connectivity index (χ0v) is 14.0. The van der Waals surface area contributed by atoms with Crippen molar-refractivity contribution in [2.45, 2.75) is 12.0 Å². The van der Waals surface area contributed by atoms with Crippen molar-refractivity contribution >= 4 is 11.5 Å². The molecule has 3 aromatic rings. The van der Waals surface area contributed by atoms with Crippen molar-refractivity contribution in [2.75, 3.05) is 12.4 Å². The second-order valence-corrected chi connectivity index (χ2v) is 6.27. The molecule has 1 aliphatic rings. The molecule has 3 nitrogen and oxygen atoms in total. The van der Waals surface area contributed by atoms with Crippen LogP contribution in [0.5, 0.6) is 5.75 Å². The summed E-state index contributed by atoms with van der Waals surface area (Å²) in [5, 5.41) is 3.51. The number of hydrogen-bond acceptors (Lipinski definition) is 3. The normalized spacial score (nSPS) is 18.5. The number of anilines is 1. The van der Waals surface area contributed by atoms with E-state index in [1.165, 1.54) is 0 Å². The van der Waals surface area contributed by atoms with Gasteiger partial charge in [-0.15, -0.1) is 0 Å². The monoisotopic (exact) mass is 329 g/mol. The Hall–Kier alpha value is -3.07. The van der Waals surface area contributed by atoms with Gasteiger partial charge in [0.15, 0.2) is 5.78 Å². The predicted molar refractivity (Wildman–Crippen MR) is 99.2 cm³/mol. The van der Waals surface area contributed by atoms with E-state index in [0.29, 0.717) is 17.7 Å². The second kappa shape index (κ2) is 6.10. The molecule has 0 amide bonds. The number of para-hydroxylation sites is 1. The van der Waals surface area contributed by atoms with Crippen LogP contribution in [0.15, 0.2) is 78.9 Å². The van der Waals surface area contributed by atoms with Crippen molar-refractivity contribution < 1.29 is 9.53 Å². The van der Waals surface area contributed by atoms with Crippen molar-refractivity contribution in [1.29, 1.82) is 0 Å². The SMILES string of the molecule is COc1cccc2c1NC(Cc1ccccc1)(c1ccccc1)C2=O. The first kappa shape index (κ1) is 15.5. The number of hydrogen-bond donors (Lipinski definition) is 1. The summed E-state index contributed by atoms with van der Waals surface area (Å²) in [6, 6.07) is 25.6. The molecule has 0 spiro atoms. The molecule has 124 valence electrons. The summed E-state index contributed by atoms with van der Waals surface area (Å²) >= 11 is 0. The van der Waals surface area contributed by atoms with E-state index in [-0.39, 0.29) is 5.78 Å². The number of fused-ring (bicyclic) bond motifs is 1. The van der Waals surface area contributed by atoms with Gasteiger partial charge in [0.25, 0.3) is 0 Å². The third kappa shape index (κ3) is 2.49. The molecular formula is C22H19NO2. The Morgan fingerprint density at radius 2 is 1.56 bits per heavy atom. The number of ketones is 1. The van der Waals surface area contributed by atoms with Gasteiger partial charge in [-0.2, -0.15) is 0 Å². The van der Waals surface area contributed by atoms with E-state index in [1.807, 2.05) is 66.7 Å². The van der Waals surface area contributed by atoms with Crippen LogP contribution in [0.4, 0.5) is 5.69 Å². The molecule has 1 unspecified atom stereocenters. The van der Waals surface area contributed by atoms with E-state index in [1.54, 1.807) is 7.11 Å². The Bertz CT molecular complexity index is 906. The molecule has 25 heavy (non-hydrogen) atoms. The number of rotatable bonds is 4. The molecule has 0 saturated heterocycles. The summed E-state index contributed by atoms with van der Waals surface area (Å²) in [4.78, 5) is 13.5. The summed E-state index contributed by atoms with van der Waals surface area (Å²) in [5.74, 6) is 0.771. The molecule has 0 aliphatic carbocycles. The van der Waals surface area contributed by atoms with E-state index in [2.05, 4.69) is 17.4 Å². The average Bonchev–Trinajstić information content (AvgIpc) is 2.96. The lowest BCUT2D eigenvalue weighted by atomic mass is 9.80. The zero-order chi connectivity index (χ0) is 17.3. The summed E-state index contributed by atoms with van der Waals surface area (Å²) < 4.78 is 5.47. The van der Waals surface area contributed by atoms with E-state index in [0.717, 1.165) is 16.8 Å². The Morgan fingerprint density at radius 1 is 0.880 bits per heavy atom. The molecule has 1 atom stereocenters. The molecule has 1 heterocycles. The third-order valence-corrected chi connectivity index (χ3v) is 4.80. The number of ether oxygens (including phenoxy) is 1. The highest BCUT2D eigenvalue weighted by Crippen LogP contribution is 2.45. The standard InChI is InChI=1S/C22H19NO2/c1-25-19-14-8-13-18-20(19)23-22(21(18)24,17-11-6-3-7-12-17)15-16-9-4-2-5-10-16/h2-14,23H,15H2,1H3. The molecule has 0 saturated carbocycles. The van der Waals surface area contributed by atoms with Crippen LogP contribution in [0.2, 0.25) is 0 Å². The fourth-order valence-corrected chi connectivity index (χ4v) is 3.57. The Morgan fingerprint density at radius 3 is 2.24 bits per heavy atom. The van der Waals surface area contributed by atoms with Gasteiger partial charge in [-0.3, -0.25) is 4.79 Å². The molecule has 3 aromatic carbocycles. The fourth-order valence-electron chi connectivity index (χ4n) is 3.57. The maximum atomic E-state index is 13.5. The number of carbonyl (C=O) groups excluding carboxylic acids is 1. The molecule has 0 bridgehead atoms. The minimum atomic E-state index is -0.820. The smallest absolute Gasteiger partial charge is 0.195 e. The lowest BCUT2D eigenvalue weighted by molar-refractivity contribution is 0.0916. The van der Waals surface area contributed by atoms with Gasteiger partial charge in [-0.1, -0.05) is 66.7 Å². The third-order valence-electron chi connectivity index (χ3n) is 4.80. The van der Waals surface area contributed by atoms with Gasteiger partial charge in [0.1, 0.15) is 11.3 Å². The van der Waals surface area contributed by atoms with Gasteiger partial charge < -0.3 is 10.1 Å². The predicted octanol–water partition coefficient (Wildman–Crippen LogP) is 4.44. The highest BCUT2D eigenvalue weighted by Gasteiger charge is 2.47. The van der Waals surface area contributed by atoms with Crippen LogP contribution < -0.4 is 10.1 Å². The lowest BCUT2D eigenvalue weighted by Crippen LogP contribution is -2.40. The summed E-state index contributed by atoms with van der Waals surface area (Å²) in [6.45, 7) is 0. The van der Waals surface area contributed by atoms with Gasteiger partial charge in [0, 0.05) is 12.0 Å². The van der Waals surface area contributed by atoms with Crippen molar-refractivity contribution in [3.63, 3.8) is 0 Å². The zero-order valence-electron chi connectivity index (χ0n) is 14.0. The summed E-state index contributed by atoms with van der Waals surface area (Å²) in [6.07, 6.45) is 0.578. The molecule has 3 heteroatoms. The highest BCUT2D eigenvalue weighted by atomic mass is 16.5. The number of nitrogens with one attached hydrogen (secondary N) is 1. The van der Waals surface area contributed by atoms with Crippen LogP contribution in [-0.4, -0.2) is 12.9 Å². The van der Waals surface area contributed by atoms with Crippen LogP contribution in [-0.2, 0) is 12.0 Å². The second-order valence-electron chi connectivity index (χ2n) is 6.27. The highest BCUT2D eigenvalue weighted by molar-refractivity contribution is 6.15. The molecule has 0 aromatic heterocycles. The minimum absolute atomic E-state index is 0.0800. The summed E-state index contributed by atoms with van der Waals surface area (Å²) in [7, 11) is 1.63. The Labute approximate surface area is 147 Å². The average molecular weight is 329 g/mol. The van der Waals surface area contributed by atoms with Gasteiger partial charge in [-0.05, 0) is 23.3 Å². The largest absolute Gasteiger partial charge is 0.495 e. The molecule has 0 fully saturated rings. The van der Waals surface area contributed by atoms with Crippen LogP contribution in [0, 0.1) is 0 Å². The fraction of sp³-hybridized carbons (Fsp3) is 0.136. The number of benzene rings is 3. The maximum Gasteiger partial charge on any atom is 0.195 e. The minimum Gasteiger partial charge on any atom is -0.495 e. The Balaban J connectivity index is 1.87. The van der Waals surface area contributed by atoms with Crippen molar-refractivity contribution in [3.05, 3.63) is 95.6 Å². The number of Topliss-reactive ketones (excluding diaryl/α,β-unsaturated/α-hetero) is 1. The van der Waals surface area contributed by atoms with Crippen LogP contribution in [0.25, 0.3) is 0 Å². The van der Waals surface area contributed by atoms with Crippen LogP contribution in [0.1, 0.15) is 21.5 Å². The van der Waals surface area contributed by atoms with E-state index < -0.39 is 5.54 Å². The van der Waals surface area contributed by atoms with E-state index in [9.17, 15) is 4.79 Å². The first-order chi connectivity index (χ1) is 12.2. The molecular weight excluding hydrogens is 310 g/mol. The van der Waals surface area contributed by atoms with Crippen LogP contribution >= 0.6 is 0 Å². The lowest BCUT2D eigenvalue weighted by Gasteiger charge is -2.29. The van der Waals surface area contributed by atoms with Crippen molar-refractivity contribution in [3.8, 4) is 5.75 Å². The van der Waals surface area contributed by atoms with Gasteiger partial charge in [-0.25, -0.2) is 0 Å². The van der Waals surface area contributed by atoms with Crippen molar-refractivity contribution in [1.82, 2.24) is 0 Å². The topological polar surface area (TPSA) is 38.3 Å². The first-order valence-corrected chi connectivity index (χ1v) is 8.34. The number of methoxy groups -OCH3 is 1. The summed E-state index contributed by atoms with van der Waals surface area (Å²) in [5.41, 5.74) is 2.70. The van der Waals surface area contributed by atoms with E-state index in [4.69, 9.17) is 4.74 Å². The molecule has 0 radical (unpaired) electrons. The van der Waals surface area contributed by atoms with Crippen LogP contribution in [0.3, 0.4) is 0 Å². The molecule has 1 aliphatic heterocycles. The number of carbonyl (C=O) groups is 1. The molecule has 1 N–H and O–H groups in total. The Kier molecular flexibility index (Phi) is 3.77. The van der Waals surface area contributed by atoms with Crippen molar-refractivity contribution in [2.24, 2.45) is 0 Å². The van der Waals surface area contributed by atoms with Gasteiger partial charge in [0.05, 0.1) is 12.8 Å². The maximum absolute atomic E-state index is 13.5. The molecule has 4 rings (SSSR count). The van der Waals surface area contributed by atoms with Gasteiger partial charge in [0.2, 0.25) is 0 Å². The van der Waals surface area contributed by atoms with E-state index >= 15 is 0 Å². The quantitative estimate of drug-likeness (QED) is 0.769.